The van der Waals surface area contributed by atoms with E-state index in [2.05, 4.69) is 26.9 Å². The Bertz CT molecular complexity index is 433. The van der Waals surface area contributed by atoms with Crippen molar-refractivity contribution in [3.63, 3.8) is 0 Å². The Morgan fingerprint density at radius 3 is 2.90 bits per heavy atom. The Morgan fingerprint density at radius 1 is 1.40 bits per heavy atom. The lowest BCUT2D eigenvalue weighted by Gasteiger charge is -2.26. The number of aromatic nitrogens is 2. The number of hydrogen-bond acceptors (Lipinski definition) is 5. The molecule has 1 heterocycles. The van der Waals surface area contributed by atoms with Gasteiger partial charge in [0, 0.05) is 6.54 Å². The van der Waals surface area contributed by atoms with E-state index in [1.54, 1.807) is 6.20 Å². The maximum absolute atomic E-state index is 11.2. The Balaban J connectivity index is 1.75. The summed E-state index contributed by atoms with van der Waals surface area (Å²) in [5, 5.41) is 3.27. The molecule has 0 aliphatic heterocycles. The maximum atomic E-state index is 11.2. The van der Waals surface area contributed by atoms with Gasteiger partial charge in [-0.15, -0.1) is 0 Å². The minimum atomic E-state index is -0.458. The van der Waals surface area contributed by atoms with Gasteiger partial charge in [0.1, 0.15) is 5.82 Å². The van der Waals surface area contributed by atoms with Gasteiger partial charge in [-0.1, -0.05) is 26.2 Å². The van der Waals surface area contributed by atoms with E-state index in [4.69, 9.17) is 0 Å². The fourth-order valence-electron chi connectivity index (χ4n) is 2.86. The van der Waals surface area contributed by atoms with Gasteiger partial charge in [-0.3, -0.25) is 0 Å². The van der Waals surface area contributed by atoms with Crippen LogP contribution in [0.3, 0.4) is 0 Å². The number of rotatable bonds is 5. The summed E-state index contributed by atoms with van der Waals surface area (Å²) >= 11 is 0. The van der Waals surface area contributed by atoms with Crippen molar-refractivity contribution in [1.82, 2.24) is 9.97 Å². The summed E-state index contributed by atoms with van der Waals surface area (Å²) in [6, 6.07) is 0. The minimum absolute atomic E-state index is 0.235. The highest BCUT2D eigenvalue weighted by atomic mass is 16.5. The minimum Gasteiger partial charge on any atom is -0.464 e. The molecule has 1 fully saturated rings. The second-order valence-electron chi connectivity index (χ2n) is 5.63. The Kier molecular flexibility index (Phi) is 5.32. The molecule has 2 rings (SSSR count). The van der Waals surface area contributed by atoms with Crippen molar-refractivity contribution in [1.29, 1.82) is 0 Å². The zero-order chi connectivity index (χ0) is 14.4. The van der Waals surface area contributed by atoms with Crippen molar-refractivity contribution in [3.8, 4) is 0 Å². The molecule has 2 atom stereocenters. The molecule has 1 aliphatic carbocycles. The van der Waals surface area contributed by atoms with Gasteiger partial charge in [0.15, 0.2) is 5.69 Å². The molecule has 5 heteroatoms. The summed E-state index contributed by atoms with van der Waals surface area (Å²) in [7, 11) is 1.33. The average Bonchev–Trinajstić information content (AvgIpc) is 2.47. The molecular formula is C15H23N3O2. The Morgan fingerprint density at radius 2 is 2.25 bits per heavy atom. The zero-order valence-corrected chi connectivity index (χ0v) is 12.3. The van der Waals surface area contributed by atoms with Crippen LogP contribution in [0.25, 0.3) is 0 Å². The van der Waals surface area contributed by atoms with Crippen molar-refractivity contribution >= 4 is 11.8 Å². The molecule has 0 radical (unpaired) electrons. The van der Waals surface area contributed by atoms with E-state index in [0.29, 0.717) is 5.82 Å². The number of nitrogens with zero attached hydrogens (tertiary/aromatic N) is 2. The molecule has 20 heavy (non-hydrogen) atoms. The molecule has 1 aromatic heterocycles. The van der Waals surface area contributed by atoms with Crippen LogP contribution in [0, 0.1) is 11.8 Å². The molecule has 1 aromatic rings. The number of anilines is 1. The van der Waals surface area contributed by atoms with Gasteiger partial charge in [0.05, 0.1) is 19.5 Å². The van der Waals surface area contributed by atoms with Crippen LogP contribution in [0.4, 0.5) is 5.82 Å². The highest BCUT2D eigenvalue weighted by molar-refractivity contribution is 5.86. The number of methoxy groups -OCH3 is 1. The van der Waals surface area contributed by atoms with Crippen LogP contribution in [0.5, 0.6) is 0 Å². The number of nitrogens with one attached hydrogen (secondary N) is 1. The van der Waals surface area contributed by atoms with Crippen molar-refractivity contribution in [2.75, 3.05) is 19.0 Å². The van der Waals surface area contributed by atoms with E-state index in [0.717, 1.165) is 18.4 Å². The molecule has 110 valence electrons. The zero-order valence-electron chi connectivity index (χ0n) is 12.3. The Labute approximate surface area is 120 Å². The highest BCUT2D eigenvalue weighted by Crippen LogP contribution is 2.30. The fraction of sp³-hybridized carbons (Fsp3) is 0.667. The summed E-state index contributed by atoms with van der Waals surface area (Å²) in [5.74, 6) is 1.95. The van der Waals surface area contributed by atoms with Gasteiger partial charge >= 0.3 is 5.97 Å². The van der Waals surface area contributed by atoms with E-state index in [1.165, 1.54) is 45.4 Å². The van der Waals surface area contributed by atoms with E-state index < -0.39 is 5.97 Å². The van der Waals surface area contributed by atoms with Crippen LogP contribution < -0.4 is 5.32 Å². The van der Waals surface area contributed by atoms with E-state index in [1.807, 2.05) is 0 Å². The molecule has 0 saturated heterocycles. The molecule has 2 unspecified atom stereocenters. The summed E-state index contributed by atoms with van der Waals surface area (Å²) in [6.07, 6.45) is 9.62. The van der Waals surface area contributed by atoms with Gasteiger partial charge in [-0.05, 0) is 24.7 Å². The topological polar surface area (TPSA) is 64.1 Å². The SMILES string of the molecule is COC(=O)c1cnc(NCCC2CCCC(C)C2)cn1. The summed E-state index contributed by atoms with van der Waals surface area (Å²) in [5.41, 5.74) is 0.235. The van der Waals surface area contributed by atoms with Gasteiger partial charge in [0.2, 0.25) is 0 Å². The maximum Gasteiger partial charge on any atom is 0.358 e. The van der Waals surface area contributed by atoms with Gasteiger partial charge in [-0.25, -0.2) is 14.8 Å². The predicted molar refractivity (Wildman–Crippen MR) is 77.6 cm³/mol. The number of hydrogen-bond donors (Lipinski definition) is 1. The first-order valence-corrected chi connectivity index (χ1v) is 7.33. The second-order valence-corrected chi connectivity index (χ2v) is 5.63. The van der Waals surface area contributed by atoms with Crippen LogP contribution in [0.15, 0.2) is 12.4 Å². The molecule has 1 aliphatic rings. The summed E-state index contributed by atoms with van der Waals surface area (Å²) in [6.45, 7) is 3.25. The first kappa shape index (κ1) is 14.8. The van der Waals surface area contributed by atoms with Crippen molar-refractivity contribution in [3.05, 3.63) is 18.1 Å². The number of esters is 1. The van der Waals surface area contributed by atoms with Crippen molar-refractivity contribution in [2.24, 2.45) is 11.8 Å². The number of carbonyl (C=O) groups excluding carboxylic acids is 1. The lowest BCUT2D eigenvalue weighted by Crippen LogP contribution is -2.17. The first-order valence-electron chi connectivity index (χ1n) is 7.33. The summed E-state index contributed by atoms with van der Waals surface area (Å²) in [4.78, 5) is 19.4. The molecule has 0 bridgehead atoms. The van der Waals surface area contributed by atoms with Gasteiger partial charge < -0.3 is 10.1 Å². The Hall–Kier alpha value is -1.65. The van der Waals surface area contributed by atoms with E-state index >= 15 is 0 Å². The third-order valence-corrected chi connectivity index (χ3v) is 3.95. The van der Waals surface area contributed by atoms with Crippen molar-refractivity contribution < 1.29 is 9.53 Å². The lowest BCUT2D eigenvalue weighted by atomic mass is 9.81. The second kappa shape index (κ2) is 7.22. The van der Waals surface area contributed by atoms with Crippen LogP contribution in [0.1, 0.15) is 49.5 Å². The first-order chi connectivity index (χ1) is 9.69. The molecule has 1 saturated carbocycles. The van der Waals surface area contributed by atoms with E-state index in [-0.39, 0.29) is 5.69 Å². The summed E-state index contributed by atoms with van der Waals surface area (Å²) < 4.78 is 4.58. The van der Waals surface area contributed by atoms with Crippen LogP contribution in [0.2, 0.25) is 0 Å². The molecule has 0 aromatic carbocycles. The quantitative estimate of drug-likeness (QED) is 0.838. The monoisotopic (exact) mass is 277 g/mol. The average molecular weight is 277 g/mol. The highest BCUT2D eigenvalue weighted by Gasteiger charge is 2.18. The number of carbonyl (C=O) groups is 1. The third kappa shape index (κ3) is 4.18. The van der Waals surface area contributed by atoms with Gasteiger partial charge in [0.25, 0.3) is 0 Å². The third-order valence-electron chi connectivity index (χ3n) is 3.95. The smallest absolute Gasteiger partial charge is 0.358 e. The standard InChI is InChI=1S/C15H23N3O2/c1-11-4-3-5-12(8-11)6-7-16-14-10-17-13(9-18-14)15(19)20-2/h9-12H,3-8H2,1-2H3,(H,16,18). The molecular weight excluding hydrogens is 254 g/mol. The molecule has 0 spiro atoms. The van der Waals surface area contributed by atoms with Crippen molar-refractivity contribution in [2.45, 2.75) is 39.0 Å². The number of ether oxygens (including phenoxy) is 1. The van der Waals surface area contributed by atoms with E-state index in [9.17, 15) is 4.79 Å². The van der Waals surface area contributed by atoms with Crippen LogP contribution in [-0.4, -0.2) is 29.6 Å². The molecule has 0 amide bonds. The molecule has 1 N–H and O–H groups in total. The lowest BCUT2D eigenvalue weighted by molar-refractivity contribution is 0.0593. The predicted octanol–water partition coefficient (Wildman–Crippen LogP) is 2.89. The largest absolute Gasteiger partial charge is 0.464 e. The van der Waals surface area contributed by atoms with Crippen LogP contribution >= 0.6 is 0 Å². The van der Waals surface area contributed by atoms with Crippen LogP contribution in [-0.2, 0) is 4.74 Å². The van der Waals surface area contributed by atoms with Gasteiger partial charge in [-0.2, -0.15) is 0 Å². The fourth-order valence-corrected chi connectivity index (χ4v) is 2.86. The normalized spacial score (nSPS) is 22.3. The molecule has 5 nitrogen and oxygen atoms in total.